The minimum absolute atomic E-state index is 0.0682. The molecule has 0 saturated carbocycles. The fourth-order valence-corrected chi connectivity index (χ4v) is 2.29. The van der Waals surface area contributed by atoms with E-state index in [1.54, 1.807) is 13.1 Å². The molecule has 1 aromatic heterocycles. The van der Waals surface area contributed by atoms with Gasteiger partial charge in [0, 0.05) is 38.5 Å². The van der Waals surface area contributed by atoms with Crippen LogP contribution in [0.15, 0.2) is 30.5 Å². The minimum Gasteiger partial charge on any atom is -0.378 e. The number of hydrogen-bond acceptors (Lipinski definition) is 4. The van der Waals surface area contributed by atoms with Crippen molar-refractivity contribution in [1.82, 2.24) is 4.98 Å². The number of ketones is 1. The summed E-state index contributed by atoms with van der Waals surface area (Å²) in [7, 11) is 4.01. The van der Waals surface area contributed by atoms with Gasteiger partial charge in [-0.2, -0.15) is 0 Å². The van der Waals surface area contributed by atoms with Crippen molar-refractivity contribution in [2.75, 3.05) is 19.0 Å². The second-order valence-electron chi connectivity index (χ2n) is 4.03. The number of anilines is 1. The molecule has 17 heavy (non-hydrogen) atoms. The Bertz CT molecular complexity index is 529. The molecule has 0 atom stereocenters. The minimum atomic E-state index is 0.0682. The van der Waals surface area contributed by atoms with Crippen LogP contribution in [-0.2, 0) is 0 Å². The third kappa shape index (κ3) is 2.53. The first kappa shape index (κ1) is 11.8. The lowest BCUT2D eigenvalue weighted by Crippen LogP contribution is -2.07. The van der Waals surface area contributed by atoms with Crippen LogP contribution >= 0.6 is 11.3 Å². The normalized spacial score (nSPS) is 10.3. The highest BCUT2D eigenvalue weighted by Gasteiger charge is 2.07. The van der Waals surface area contributed by atoms with Crippen LogP contribution in [0.4, 0.5) is 5.69 Å². The molecule has 0 aliphatic heterocycles. The van der Waals surface area contributed by atoms with Gasteiger partial charge >= 0.3 is 0 Å². The van der Waals surface area contributed by atoms with Gasteiger partial charge in [0.2, 0.25) is 0 Å². The third-order valence-electron chi connectivity index (χ3n) is 2.48. The molecule has 0 fully saturated rings. The number of aromatic nitrogens is 1. The predicted octanol–water partition coefficient (Wildman–Crippen LogP) is 3.08. The van der Waals surface area contributed by atoms with Crippen LogP contribution in [0.2, 0.25) is 0 Å². The molecule has 0 spiro atoms. The van der Waals surface area contributed by atoms with Crippen LogP contribution in [0.1, 0.15) is 16.6 Å². The van der Waals surface area contributed by atoms with Crippen LogP contribution in [0, 0.1) is 0 Å². The van der Waals surface area contributed by atoms with Gasteiger partial charge in [0.25, 0.3) is 0 Å². The van der Waals surface area contributed by atoms with Crippen LogP contribution < -0.4 is 4.90 Å². The van der Waals surface area contributed by atoms with Crippen molar-refractivity contribution >= 4 is 22.8 Å². The molecule has 3 nitrogen and oxygen atoms in total. The highest BCUT2D eigenvalue weighted by Crippen LogP contribution is 2.26. The Morgan fingerprint density at radius 1 is 1.24 bits per heavy atom. The van der Waals surface area contributed by atoms with E-state index in [1.165, 1.54) is 11.3 Å². The molecule has 2 aromatic rings. The van der Waals surface area contributed by atoms with E-state index >= 15 is 0 Å². The van der Waals surface area contributed by atoms with Gasteiger partial charge in [-0.05, 0) is 24.3 Å². The molecule has 1 heterocycles. The Hall–Kier alpha value is -1.68. The second-order valence-corrected chi connectivity index (χ2v) is 5.06. The molecule has 0 unspecified atom stereocenters. The maximum absolute atomic E-state index is 11.2. The summed E-state index contributed by atoms with van der Waals surface area (Å²) in [6.45, 7) is 1.56. The number of thiazole rings is 1. The summed E-state index contributed by atoms with van der Waals surface area (Å²) >= 11 is 1.43. The Morgan fingerprint density at radius 3 is 2.35 bits per heavy atom. The van der Waals surface area contributed by atoms with E-state index in [9.17, 15) is 4.79 Å². The Balaban J connectivity index is 2.30. The number of nitrogens with zero attached hydrogens (tertiary/aromatic N) is 2. The van der Waals surface area contributed by atoms with Gasteiger partial charge in [-0.1, -0.05) is 0 Å². The lowest BCUT2D eigenvalue weighted by molar-refractivity contribution is 0.102. The molecule has 0 amide bonds. The molecule has 0 saturated heterocycles. The topological polar surface area (TPSA) is 33.2 Å². The van der Waals surface area contributed by atoms with Gasteiger partial charge in [-0.25, -0.2) is 4.98 Å². The largest absolute Gasteiger partial charge is 0.378 e. The van der Waals surface area contributed by atoms with Crippen molar-refractivity contribution in [3.63, 3.8) is 0 Å². The lowest BCUT2D eigenvalue weighted by Gasteiger charge is -2.11. The van der Waals surface area contributed by atoms with Crippen LogP contribution in [0.25, 0.3) is 10.6 Å². The number of carbonyl (C=O) groups excluding carboxylic acids is 1. The zero-order chi connectivity index (χ0) is 12.4. The first-order valence-electron chi connectivity index (χ1n) is 5.32. The Morgan fingerprint density at radius 2 is 1.88 bits per heavy atom. The average Bonchev–Trinajstić information content (AvgIpc) is 2.78. The first-order chi connectivity index (χ1) is 8.08. The van der Waals surface area contributed by atoms with Crippen molar-refractivity contribution in [2.24, 2.45) is 0 Å². The van der Waals surface area contributed by atoms with Crippen molar-refractivity contribution in [2.45, 2.75) is 6.92 Å². The summed E-state index contributed by atoms with van der Waals surface area (Å²) in [5.41, 5.74) is 2.20. The number of hydrogen-bond donors (Lipinski definition) is 0. The van der Waals surface area contributed by atoms with Crippen molar-refractivity contribution < 1.29 is 4.79 Å². The van der Waals surface area contributed by atoms with E-state index in [0.29, 0.717) is 4.88 Å². The van der Waals surface area contributed by atoms with Crippen molar-refractivity contribution in [1.29, 1.82) is 0 Å². The van der Waals surface area contributed by atoms with Crippen LogP contribution in [0.3, 0.4) is 0 Å². The molecule has 0 aliphatic carbocycles. The fourth-order valence-electron chi connectivity index (χ4n) is 1.47. The number of carbonyl (C=O) groups is 1. The summed E-state index contributed by atoms with van der Waals surface area (Å²) in [4.78, 5) is 18.2. The van der Waals surface area contributed by atoms with Crippen molar-refractivity contribution in [3.05, 3.63) is 35.3 Å². The molecule has 4 heteroatoms. The summed E-state index contributed by atoms with van der Waals surface area (Å²) in [6.07, 6.45) is 1.64. The quantitative estimate of drug-likeness (QED) is 0.780. The number of benzene rings is 1. The van der Waals surface area contributed by atoms with Gasteiger partial charge in [0.1, 0.15) is 5.01 Å². The predicted molar refractivity (Wildman–Crippen MR) is 71.9 cm³/mol. The molecule has 0 radical (unpaired) electrons. The monoisotopic (exact) mass is 246 g/mol. The van der Waals surface area contributed by atoms with E-state index in [-0.39, 0.29) is 5.78 Å². The van der Waals surface area contributed by atoms with E-state index in [4.69, 9.17) is 0 Å². The maximum atomic E-state index is 11.2. The summed E-state index contributed by atoms with van der Waals surface area (Å²) in [5.74, 6) is 0.0682. The molecule has 88 valence electrons. The van der Waals surface area contributed by atoms with Crippen LogP contribution in [0.5, 0.6) is 0 Å². The summed E-state index contributed by atoms with van der Waals surface area (Å²) in [6, 6.07) is 8.14. The highest BCUT2D eigenvalue weighted by atomic mass is 32.1. The molecular formula is C13H14N2OS. The first-order valence-corrected chi connectivity index (χ1v) is 6.14. The van der Waals surface area contributed by atoms with Crippen LogP contribution in [-0.4, -0.2) is 24.9 Å². The average molecular weight is 246 g/mol. The zero-order valence-corrected chi connectivity index (χ0v) is 10.9. The molecule has 1 aromatic carbocycles. The van der Waals surface area contributed by atoms with E-state index in [1.807, 2.05) is 43.3 Å². The lowest BCUT2D eigenvalue weighted by atomic mass is 10.2. The van der Waals surface area contributed by atoms with E-state index < -0.39 is 0 Å². The molecule has 0 aliphatic rings. The van der Waals surface area contributed by atoms with E-state index in [0.717, 1.165) is 16.3 Å². The standard InChI is InChI=1S/C13H14N2OS/c1-9(16)12-8-14-13(17-12)10-4-6-11(7-5-10)15(2)3/h4-8H,1-3H3. The van der Waals surface area contributed by atoms with E-state index in [2.05, 4.69) is 4.98 Å². The highest BCUT2D eigenvalue weighted by molar-refractivity contribution is 7.16. The van der Waals surface area contributed by atoms with Gasteiger partial charge in [0.05, 0.1) is 4.88 Å². The summed E-state index contributed by atoms with van der Waals surface area (Å²) in [5, 5.41) is 0.889. The Kier molecular flexibility index (Phi) is 3.24. The number of Topliss-reactive ketones (excluding diaryl/α,β-unsaturated/α-hetero) is 1. The van der Waals surface area contributed by atoms with Crippen molar-refractivity contribution in [3.8, 4) is 10.6 Å². The molecule has 0 N–H and O–H groups in total. The van der Waals surface area contributed by atoms with Gasteiger partial charge in [0.15, 0.2) is 5.78 Å². The van der Waals surface area contributed by atoms with Gasteiger partial charge in [-0.3, -0.25) is 4.79 Å². The molecule has 2 rings (SSSR count). The summed E-state index contributed by atoms with van der Waals surface area (Å²) < 4.78 is 0. The van der Waals surface area contributed by atoms with Gasteiger partial charge < -0.3 is 4.90 Å². The maximum Gasteiger partial charge on any atom is 0.171 e. The second kappa shape index (κ2) is 4.67. The molecule has 0 bridgehead atoms. The number of rotatable bonds is 3. The van der Waals surface area contributed by atoms with Gasteiger partial charge in [-0.15, -0.1) is 11.3 Å². The third-order valence-corrected chi connectivity index (χ3v) is 3.63. The zero-order valence-electron chi connectivity index (χ0n) is 10.1. The SMILES string of the molecule is CC(=O)c1cnc(-c2ccc(N(C)C)cc2)s1. The Labute approximate surface area is 105 Å². The fraction of sp³-hybridized carbons (Fsp3) is 0.231. The smallest absolute Gasteiger partial charge is 0.171 e. The molecular weight excluding hydrogens is 232 g/mol.